The summed E-state index contributed by atoms with van der Waals surface area (Å²) in [4.78, 5) is 26.2. The van der Waals surface area contributed by atoms with Crippen LogP contribution in [0.15, 0.2) is 73.3 Å². The molecule has 4 heterocycles. The summed E-state index contributed by atoms with van der Waals surface area (Å²) in [5.74, 6) is 0.771. The van der Waals surface area contributed by atoms with E-state index in [2.05, 4.69) is 40.0 Å². The number of rotatable bonds is 6. The van der Waals surface area contributed by atoms with E-state index in [9.17, 15) is 4.79 Å². The molecule has 2 fully saturated rings. The number of benzene rings is 1. The summed E-state index contributed by atoms with van der Waals surface area (Å²) in [5, 5.41) is 0. The minimum absolute atomic E-state index is 0.281. The highest BCUT2D eigenvalue weighted by molar-refractivity contribution is 5.73. The first-order chi connectivity index (χ1) is 16.5. The number of nitrogens with zero attached hydrogens (tertiary/aromatic N) is 4. The smallest absolute Gasteiger partial charge is 0.411 e. The Morgan fingerprint density at radius 3 is 2.47 bits per heavy atom. The molecule has 1 spiro atoms. The van der Waals surface area contributed by atoms with E-state index in [4.69, 9.17) is 9.47 Å². The topological polar surface area (TPSA) is 67.8 Å². The van der Waals surface area contributed by atoms with E-state index < -0.39 is 11.1 Å². The lowest BCUT2D eigenvalue weighted by Crippen LogP contribution is -2.58. The van der Waals surface area contributed by atoms with Crippen molar-refractivity contribution in [1.29, 1.82) is 0 Å². The third-order valence-electron chi connectivity index (χ3n) is 7.45. The van der Waals surface area contributed by atoms with Crippen molar-refractivity contribution in [2.24, 2.45) is 0 Å². The van der Waals surface area contributed by atoms with E-state index in [-0.39, 0.29) is 6.09 Å². The number of hydrogen-bond acceptors (Lipinski definition) is 6. The van der Waals surface area contributed by atoms with Crippen LogP contribution in [0.2, 0.25) is 0 Å². The van der Waals surface area contributed by atoms with Crippen LogP contribution in [0.4, 0.5) is 4.79 Å². The molecule has 3 aromatic rings. The maximum atomic E-state index is 13.4. The molecular formula is C27H30N4O3. The van der Waals surface area contributed by atoms with Crippen molar-refractivity contribution in [3.63, 3.8) is 0 Å². The van der Waals surface area contributed by atoms with Crippen LogP contribution in [0.1, 0.15) is 36.5 Å². The van der Waals surface area contributed by atoms with Crippen molar-refractivity contribution in [3.05, 3.63) is 90.0 Å². The van der Waals surface area contributed by atoms with Gasteiger partial charge in [0.05, 0.1) is 13.7 Å². The number of ether oxygens (including phenoxy) is 2. The molecule has 5 rings (SSSR count). The van der Waals surface area contributed by atoms with Crippen molar-refractivity contribution < 1.29 is 14.3 Å². The van der Waals surface area contributed by atoms with Gasteiger partial charge in [-0.2, -0.15) is 0 Å². The highest BCUT2D eigenvalue weighted by atomic mass is 16.6. The molecule has 0 radical (unpaired) electrons. The van der Waals surface area contributed by atoms with E-state index in [0.29, 0.717) is 6.54 Å². The van der Waals surface area contributed by atoms with Crippen LogP contribution in [0.3, 0.4) is 0 Å². The zero-order valence-corrected chi connectivity index (χ0v) is 19.7. The van der Waals surface area contributed by atoms with Gasteiger partial charge in [0.2, 0.25) is 0 Å². The first kappa shape index (κ1) is 22.3. The molecule has 176 valence electrons. The summed E-state index contributed by atoms with van der Waals surface area (Å²) in [6.07, 6.45) is 8.52. The zero-order chi connectivity index (χ0) is 23.6. The number of carbonyl (C=O) groups excluding carboxylic acids is 1. The quantitative estimate of drug-likeness (QED) is 0.546. The molecule has 0 bridgehead atoms. The van der Waals surface area contributed by atoms with Crippen LogP contribution in [0.5, 0.6) is 5.75 Å². The average molecular weight is 459 g/mol. The maximum absolute atomic E-state index is 13.4. The van der Waals surface area contributed by atoms with Gasteiger partial charge < -0.3 is 9.47 Å². The van der Waals surface area contributed by atoms with E-state index in [1.807, 2.05) is 53.8 Å². The molecule has 7 heteroatoms. The summed E-state index contributed by atoms with van der Waals surface area (Å²) in [6.45, 7) is 5.12. The molecule has 2 aromatic heterocycles. The van der Waals surface area contributed by atoms with Crippen molar-refractivity contribution >= 4 is 6.09 Å². The molecular weight excluding hydrogens is 428 g/mol. The third kappa shape index (κ3) is 3.90. The van der Waals surface area contributed by atoms with Gasteiger partial charge in [0.25, 0.3) is 0 Å². The second-order valence-electron chi connectivity index (χ2n) is 9.25. The highest BCUT2D eigenvalue weighted by Crippen LogP contribution is 2.52. The predicted molar refractivity (Wildman–Crippen MR) is 128 cm³/mol. The lowest BCUT2D eigenvalue weighted by atomic mass is 9.70. The molecule has 7 nitrogen and oxygen atoms in total. The highest BCUT2D eigenvalue weighted by Gasteiger charge is 2.63. The molecule has 2 aliphatic heterocycles. The predicted octanol–water partition coefficient (Wildman–Crippen LogP) is 4.39. The van der Waals surface area contributed by atoms with Crippen LogP contribution in [-0.4, -0.2) is 51.7 Å². The Bertz CT molecular complexity index is 1130. The zero-order valence-electron chi connectivity index (χ0n) is 19.7. The molecule has 1 aromatic carbocycles. The standard InChI is InChI=1S/C27H30N4O3/c1-26(23-6-4-12-29-18-23)27(10-15-30(16-11-27)19-21-8-13-28-14-9-21)34-25(32)31(26)20-22-5-3-7-24(17-22)33-2/h3-9,12-14,17-18H,10-11,15-16,19-20H2,1-2H3. The van der Waals surface area contributed by atoms with E-state index in [0.717, 1.165) is 49.4 Å². The fraction of sp³-hybridized carbons (Fsp3) is 0.370. The van der Waals surface area contributed by atoms with Gasteiger partial charge in [0.15, 0.2) is 0 Å². The normalized spacial score (nSPS) is 22.1. The molecule has 1 amide bonds. The Labute approximate surface area is 200 Å². The van der Waals surface area contributed by atoms with Gasteiger partial charge in [-0.1, -0.05) is 18.2 Å². The number of likely N-dealkylation sites (tertiary alicyclic amines) is 1. The fourth-order valence-corrected chi connectivity index (χ4v) is 5.40. The first-order valence-corrected chi connectivity index (χ1v) is 11.7. The largest absolute Gasteiger partial charge is 0.497 e. The summed E-state index contributed by atoms with van der Waals surface area (Å²) >= 11 is 0. The van der Waals surface area contributed by atoms with Gasteiger partial charge >= 0.3 is 6.09 Å². The van der Waals surface area contributed by atoms with Crippen LogP contribution in [-0.2, 0) is 23.4 Å². The Hall–Kier alpha value is -3.45. The number of hydrogen-bond donors (Lipinski definition) is 0. The molecule has 1 atom stereocenters. The Morgan fingerprint density at radius 1 is 0.971 bits per heavy atom. The summed E-state index contributed by atoms with van der Waals surface area (Å²) in [7, 11) is 1.65. The van der Waals surface area contributed by atoms with Crippen molar-refractivity contribution in [1.82, 2.24) is 19.8 Å². The molecule has 34 heavy (non-hydrogen) atoms. The van der Waals surface area contributed by atoms with Crippen LogP contribution in [0.25, 0.3) is 0 Å². The van der Waals surface area contributed by atoms with E-state index >= 15 is 0 Å². The van der Waals surface area contributed by atoms with Crippen LogP contribution >= 0.6 is 0 Å². The van der Waals surface area contributed by atoms with Crippen LogP contribution < -0.4 is 4.74 Å². The monoisotopic (exact) mass is 458 g/mol. The summed E-state index contributed by atoms with van der Waals surface area (Å²) in [6, 6.07) is 15.9. The Morgan fingerprint density at radius 2 is 1.76 bits per heavy atom. The summed E-state index contributed by atoms with van der Waals surface area (Å²) in [5.41, 5.74) is 1.96. The number of pyridine rings is 2. The number of aromatic nitrogens is 2. The number of methoxy groups -OCH3 is 1. The molecule has 0 saturated carbocycles. The van der Waals surface area contributed by atoms with Crippen LogP contribution in [0, 0.1) is 0 Å². The Kier molecular flexibility index (Phi) is 5.96. The number of carbonyl (C=O) groups is 1. The van der Waals surface area contributed by atoms with E-state index in [1.54, 1.807) is 13.3 Å². The van der Waals surface area contributed by atoms with Gasteiger partial charge in [-0.3, -0.25) is 19.8 Å². The van der Waals surface area contributed by atoms with Crippen molar-refractivity contribution in [2.75, 3.05) is 20.2 Å². The van der Waals surface area contributed by atoms with Gasteiger partial charge in [-0.15, -0.1) is 0 Å². The minimum atomic E-state index is -0.649. The first-order valence-electron chi connectivity index (χ1n) is 11.7. The SMILES string of the molecule is COc1cccc(CN2C(=O)OC3(CCN(Cc4ccncc4)CC3)C2(C)c2cccnc2)c1. The lowest BCUT2D eigenvalue weighted by molar-refractivity contribution is -0.0615. The van der Waals surface area contributed by atoms with Gasteiger partial charge in [0, 0.05) is 57.3 Å². The van der Waals surface area contributed by atoms with Gasteiger partial charge in [0.1, 0.15) is 16.9 Å². The second kappa shape index (κ2) is 9.06. The van der Waals surface area contributed by atoms with Crippen molar-refractivity contribution in [2.45, 2.75) is 44.0 Å². The van der Waals surface area contributed by atoms with Crippen molar-refractivity contribution in [3.8, 4) is 5.75 Å². The van der Waals surface area contributed by atoms with Gasteiger partial charge in [-0.05, 0) is 53.9 Å². The fourth-order valence-electron chi connectivity index (χ4n) is 5.40. The number of piperidine rings is 1. The Balaban J connectivity index is 1.44. The molecule has 2 aliphatic rings. The van der Waals surface area contributed by atoms with Gasteiger partial charge in [-0.25, -0.2) is 4.79 Å². The molecule has 2 saturated heterocycles. The maximum Gasteiger partial charge on any atom is 0.411 e. The average Bonchev–Trinajstić information content (AvgIpc) is 3.08. The molecule has 0 aliphatic carbocycles. The number of amides is 1. The second-order valence-corrected chi connectivity index (χ2v) is 9.25. The molecule has 0 N–H and O–H groups in total. The summed E-state index contributed by atoms with van der Waals surface area (Å²) < 4.78 is 11.7. The third-order valence-corrected chi connectivity index (χ3v) is 7.45. The molecule has 1 unspecified atom stereocenters. The minimum Gasteiger partial charge on any atom is -0.497 e. The van der Waals surface area contributed by atoms with E-state index in [1.165, 1.54) is 5.56 Å². The lowest BCUT2D eigenvalue weighted by Gasteiger charge is -2.48.